The predicted molar refractivity (Wildman–Crippen MR) is 102 cm³/mol. The molecule has 0 atom stereocenters. The van der Waals surface area contributed by atoms with Crippen molar-refractivity contribution < 1.29 is 19.1 Å². The van der Waals surface area contributed by atoms with Crippen LogP contribution in [0.15, 0.2) is 47.5 Å². The molecule has 0 aliphatic heterocycles. The van der Waals surface area contributed by atoms with Gasteiger partial charge in [0, 0.05) is 12.6 Å². The number of thioether (sulfide) groups is 1. The molecule has 0 saturated heterocycles. The second kappa shape index (κ2) is 9.18. The van der Waals surface area contributed by atoms with Gasteiger partial charge in [0.1, 0.15) is 11.4 Å². The Labute approximate surface area is 160 Å². The molecule has 1 heterocycles. The maximum Gasteiger partial charge on any atom is 0.412 e. The van der Waals surface area contributed by atoms with E-state index in [1.54, 1.807) is 24.3 Å². The quantitative estimate of drug-likeness (QED) is 0.676. The SMILES string of the molecule is O=C(NCCCCCSC1=CC(=O)c2[nH]ncc2C1=O)Oc1ccccc1. The number of allylic oxidation sites excluding steroid dienone is 2. The number of ether oxygens (including phenoxy) is 1. The third-order valence-corrected chi connectivity index (χ3v) is 5.03. The fourth-order valence-electron chi connectivity index (χ4n) is 2.55. The van der Waals surface area contributed by atoms with Crippen molar-refractivity contribution in [2.75, 3.05) is 12.3 Å². The summed E-state index contributed by atoms with van der Waals surface area (Å²) in [6.07, 6.45) is 4.87. The van der Waals surface area contributed by atoms with Gasteiger partial charge in [-0.3, -0.25) is 14.7 Å². The Morgan fingerprint density at radius 1 is 1.15 bits per heavy atom. The monoisotopic (exact) mass is 385 g/mol. The van der Waals surface area contributed by atoms with Crippen LogP contribution in [-0.4, -0.2) is 40.2 Å². The average Bonchev–Trinajstić information content (AvgIpc) is 3.16. The Morgan fingerprint density at radius 3 is 2.78 bits per heavy atom. The predicted octanol–water partition coefficient (Wildman–Crippen LogP) is 3.36. The zero-order chi connectivity index (χ0) is 19.1. The number of nitrogens with zero attached hydrogens (tertiary/aromatic N) is 1. The molecule has 2 aromatic rings. The number of hydrogen-bond donors (Lipinski definition) is 2. The number of para-hydroxylation sites is 1. The summed E-state index contributed by atoms with van der Waals surface area (Å²) in [5.41, 5.74) is 0.601. The van der Waals surface area contributed by atoms with Crippen LogP contribution in [-0.2, 0) is 0 Å². The highest BCUT2D eigenvalue weighted by atomic mass is 32.2. The zero-order valence-electron chi connectivity index (χ0n) is 14.6. The Kier molecular flexibility index (Phi) is 6.43. The van der Waals surface area contributed by atoms with Crippen LogP contribution in [0.25, 0.3) is 0 Å². The molecule has 7 nitrogen and oxygen atoms in total. The van der Waals surface area contributed by atoms with Gasteiger partial charge in [0.05, 0.1) is 16.7 Å². The summed E-state index contributed by atoms with van der Waals surface area (Å²) in [4.78, 5) is 36.2. The molecule has 0 spiro atoms. The molecule has 2 N–H and O–H groups in total. The third-order valence-electron chi connectivity index (χ3n) is 3.92. The maximum absolute atomic E-state index is 12.3. The van der Waals surface area contributed by atoms with Crippen molar-refractivity contribution in [3.8, 4) is 5.75 Å². The molecule has 0 fully saturated rings. The molecule has 3 rings (SSSR count). The Morgan fingerprint density at radius 2 is 1.96 bits per heavy atom. The average molecular weight is 385 g/mol. The second-order valence-corrected chi connectivity index (χ2v) is 7.04. The van der Waals surface area contributed by atoms with E-state index in [0.717, 1.165) is 25.0 Å². The van der Waals surface area contributed by atoms with E-state index in [0.29, 0.717) is 22.8 Å². The highest BCUT2D eigenvalue weighted by Gasteiger charge is 2.27. The lowest BCUT2D eigenvalue weighted by Crippen LogP contribution is -2.27. The number of ketones is 2. The Hall–Kier alpha value is -2.87. The van der Waals surface area contributed by atoms with Crippen LogP contribution in [0.4, 0.5) is 4.79 Å². The van der Waals surface area contributed by atoms with Gasteiger partial charge in [-0.05, 0) is 30.7 Å². The van der Waals surface area contributed by atoms with Gasteiger partial charge in [0.15, 0.2) is 0 Å². The smallest absolute Gasteiger partial charge is 0.410 e. The minimum absolute atomic E-state index is 0.159. The largest absolute Gasteiger partial charge is 0.412 e. The van der Waals surface area contributed by atoms with E-state index in [9.17, 15) is 14.4 Å². The normalized spacial score (nSPS) is 13.1. The molecule has 1 aliphatic rings. The highest BCUT2D eigenvalue weighted by molar-refractivity contribution is 8.04. The zero-order valence-corrected chi connectivity index (χ0v) is 15.4. The number of H-pyrrole nitrogens is 1. The molecule has 1 aliphatic carbocycles. The van der Waals surface area contributed by atoms with Crippen molar-refractivity contribution in [1.82, 2.24) is 15.5 Å². The van der Waals surface area contributed by atoms with Crippen LogP contribution >= 0.6 is 11.8 Å². The number of hydrogen-bond acceptors (Lipinski definition) is 6. The van der Waals surface area contributed by atoms with E-state index >= 15 is 0 Å². The van der Waals surface area contributed by atoms with E-state index in [1.807, 2.05) is 6.07 Å². The number of aromatic amines is 1. The molecule has 8 heteroatoms. The van der Waals surface area contributed by atoms with Crippen LogP contribution in [0, 0.1) is 0 Å². The van der Waals surface area contributed by atoms with Crippen molar-refractivity contribution in [1.29, 1.82) is 0 Å². The molecule has 0 unspecified atom stereocenters. The molecule has 1 amide bonds. The summed E-state index contributed by atoms with van der Waals surface area (Å²) in [5, 5.41) is 9.01. The molecular formula is C19H19N3O4S. The molecule has 0 radical (unpaired) electrons. The number of benzene rings is 1. The maximum atomic E-state index is 12.3. The summed E-state index contributed by atoms with van der Waals surface area (Å²) in [7, 11) is 0. The van der Waals surface area contributed by atoms with Crippen LogP contribution in [0.3, 0.4) is 0 Å². The van der Waals surface area contributed by atoms with Crippen molar-refractivity contribution in [3.05, 3.63) is 58.8 Å². The van der Waals surface area contributed by atoms with Gasteiger partial charge in [-0.2, -0.15) is 5.10 Å². The number of rotatable bonds is 8. The van der Waals surface area contributed by atoms with Gasteiger partial charge in [-0.25, -0.2) is 4.79 Å². The lowest BCUT2D eigenvalue weighted by molar-refractivity contribution is 0.0989. The first-order valence-corrected chi connectivity index (χ1v) is 9.61. The minimum atomic E-state index is -0.469. The first-order chi connectivity index (χ1) is 13.1. The van der Waals surface area contributed by atoms with Gasteiger partial charge >= 0.3 is 6.09 Å². The van der Waals surface area contributed by atoms with Crippen LogP contribution in [0.5, 0.6) is 5.75 Å². The molecule has 140 valence electrons. The van der Waals surface area contributed by atoms with Crippen molar-refractivity contribution in [3.63, 3.8) is 0 Å². The molecule has 0 bridgehead atoms. The fourth-order valence-corrected chi connectivity index (χ4v) is 3.55. The molecule has 1 aromatic heterocycles. The van der Waals surface area contributed by atoms with Crippen molar-refractivity contribution >= 4 is 29.4 Å². The van der Waals surface area contributed by atoms with Gasteiger partial charge in [-0.15, -0.1) is 11.8 Å². The number of carbonyl (C=O) groups excluding carboxylic acids is 3. The van der Waals surface area contributed by atoms with Gasteiger partial charge in [-0.1, -0.05) is 24.6 Å². The number of amides is 1. The number of unbranched alkanes of at least 4 members (excludes halogenated alkanes) is 2. The minimum Gasteiger partial charge on any atom is -0.410 e. The molecule has 27 heavy (non-hydrogen) atoms. The first kappa shape index (κ1) is 18.9. The number of nitrogens with one attached hydrogen (secondary N) is 2. The van der Waals surface area contributed by atoms with Crippen molar-refractivity contribution in [2.45, 2.75) is 19.3 Å². The summed E-state index contributed by atoms with van der Waals surface area (Å²) >= 11 is 1.38. The standard InChI is InChI=1S/C19H19N3O4S/c23-15-11-16(18(24)14-12-21-22-17(14)15)27-10-6-2-5-9-20-19(25)26-13-7-3-1-4-8-13/h1,3-4,7-8,11-12H,2,5-6,9-10H2,(H,20,25)(H,21,22). The third kappa shape index (κ3) is 5.07. The Balaban J connectivity index is 1.29. The Bertz CT molecular complexity index is 861. The first-order valence-electron chi connectivity index (χ1n) is 8.63. The number of Topliss-reactive ketones (excluding diaryl/α,β-unsaturated/α-hetero) is 1. The lowest BCUT2D eigenvalue weighted by atomic mass is 10.0. The second-order valence-electron chi connectivity index (χ2n) is 5.90. The van der Waals surface area contributed by atoms with Crippen molar-refractivity contribution in [2.24, 2.45) is 0 Å². The summed E-state index contributed by atoms with van der Waals surface area (Å²) < 4.78 is 5.13. The van der Waals surface area contributed by atoms with E-state index in [4.69, 9.17) is 4.74 Å². The van der Waals surface area contributed by atoms with E-state index in [1.165, 1.54) is 24.0 Å². The van der Waals surface area contributed by atoms with Gasteiger partial charge in [0.25, 0.3) is 0 Å². The topological polar surface area (TPSA) is 101 Å². The fraction of sp³-hybridized carbons (Fsp3) is 0.263. The summed E-state index contributed by atoms with van der Waals surface area (Å²) in [5.74, 6) is 0.860. The summed E-state index contributed by atoms with van der Waals surface area (Å²) in [6.45, 7) is 0.523. The number of fused-ring (bicyclic) bond motifs is 1. The van der Waals surface area contributed by atoms with Gasteiger partial charge < -0.3 is 10.1 Å². The highest BCUT2D eigenvalue weighted by Crippen LogP contribution is 2.27. The van der Waals surface area contributed by atoms with Crippen LogP contribution in [0.2, 0.25) is 0 Å². The van der Waals surface area contributed by atoms with E-state index < -0.39 is 6.09 Å². The molecule has 0 saturated carbocycles. The van der Waals surface area contributed by atoms with Gasteiger partial charge in [0.2, 0.25) is 11.6 Å². The number of aromatic nitrogens is 2. The lowest BCUT2D eigenvalue weighted by Gasteiger charge is -2.10. The van der Waals surface area contributed by atoms with Crippen LogP contribution < -0.4 is 10.1 Å². The molecule has 1 aromatic carbocycles. The van der Waals surface area contributed by atoms with Crippen LogP contribution in [0.1, 0.15) is 40.1 Å². The van der Waals surface area contributed by atoms with E-state index in [2.05, 4.69) is 15.5 Å². The molecular weight excluding hydrogens is 366 g/mol. The van der Waals surface area contributed by atoms with E-state index in [-0.39, 0.29) is 17.3 Å². The summed E-state index contributed by atoms with van der Waals surface area (Å²) in [6, 6.07) is 8.88. The number of carbonyl (C=O) groups is 3.